The Hall–Kier alpha value is -1.04. The molecule has 1 N–H and O–H groups in total. The van der Waals surface area contributed by atoms with E-state index in [0.717, 1.165) is 12.1 Å². The Morgan fingerprint density at radius 2 is 2.06 bits per heavy atom. The summed E-state index contributed by atoms with van der Waals surface area (Å²) in [7, 11) is 1.55. The molecule has 1 unspecified atom stereocenters. The second-order valence-electron chi connectivity index (χ2n) is 3.66. The molecule has 17 heavy (non-hydrogen) atoms. The Morgan fingerprint density at radius 1 is 1.29 bits per heavy atom. The molecule has 0 aliphatic heterocycles. The first-order chi connectivity index (χ1) is 8.13. The van der Waals surface area contributed by atoms with Gasteiger partial charge < -0.3 is 14.6 Å². The van der Waals surface area contributed by atoms with Gasteiger partial charge >= 0.3 is 0 Å². The van der Waals surface area contributed by atoms with E-state index in [1.165, 1.54) is 6.07 Å². The molecule has 0 bridgehead atoms. The minimum absolute atomic E-state index is 0.0963. The van der Waals surface area contributed by atoms with Crippen molar-refractivity contribution in [3.05, 3.63) is 35.4 Å². The van der Waals surface area contributed by atoms with Crippen LogP contribution < -0.4 is 0 Å². The van der Waals surface area contributed by atoms with Gasteiger partial charge in [-0.2, -0.15) is 0 Å². The van der Waals surface area contributed by atoms with Gasteiger partial charge in [0.05, 0.1) is 25.9 Å². The van der Waals surface area contributed by atoms with Crippen LogP contribution in [0.4, 0.5) is 8.78 Å². The highest BCUT2D eigenvalue weighted by atomic mass is 19.1. The molecule has 0 aliphatic carbocycles. The van der Waals surface area contributed by atoms with Crippen molar-refractivity contribution in [2.75, 3.05) is 26.9 Å². The van der Waals surface area contributed by atoms with Crippen molar-refractivity contribution in [1.29, 1.82) is 0 Å². The molecule has 0 saturated carbocycles. The van der Waals surface area contributed by atoms with Gasteiger partial charge in [-0.1, -0.05) is 6.07 Å². The van der Waals surface area contributed by atoms with E-state index in [0.29, 0.717) is 13.2 Å². The molecule has 0 aromatic heterocycles. The zero-order valence-corrected chi connectivity index (χ0v) is 9.66. The van der Waals surface area contributed by atoms with E-state index in [2.05, 4.69) is 0 Å². The summed E-state index contributed by atoms with van der Waals surface area (Å²) >= 11 is 0. The zero-order chi connectivity index (χ0) is 12.7. The molecule has 3 nitrogen and oxygen atoms in total. The molecule has 0 fully saturated rings. The van der Waals surface area contributed by atoms with Gasteiger partial charge in [0.15, 0.2) is 0 Å². The summed E-state index contributed by atoms with van der Waals surface area (Å²) in [5.41, 5.74) is 0.272. The van der Waals surface area contributed by atoms with E-state index in [1.54, 1.807) is 7.11 Å². The Morgan fingerprint density at radius 3 is 2.71 bits per heavy atom. The smallest absolute Gasteiger partial charge is 0.129 e. The van der Waals surface area contributed by atoms with Gasteiger partial charge in [-0.3, -0.25) is 0 Å². The number of methoxy groups -OCH3 is 1. The standard InChI is InChI=1S/C12H16F2O3/c1-16-4-5-17-8-11(15)6-9-2-3-10(13)7-12(9)14/h2-3,7,11,15H,4-6,8H2,1H3. The second-order valence-corrected chi connectivity index (χ2v) is 3.66. The Labute approximate surface area is 99.0 Å². The fourth-order valence-corrected chi connectivity index (χ4v) is 1.36. The van der Waals surface area contributed by atoms with Gasteiger partial charge in [-0.05, 0) is 11.6 Å². The average molecular weight is 246 g/mol. The highest BCUT2D eigenvalue weighted by Crippen LogP contribution is 2.11. The first-order valence-corrected chi connectivity index (χ1v) is 5.32. The van der Waals surface area contributed by atoms with Crippen LogP contribution in [0.3, 0.4) is 0 Å². The van der Waals surface area contributed by atoms with Crippen molar-refractivity contribution < 1.29 is 23.4 Å². The van der Waals surface area contributed by atoms with Crippen LogP contribution in [0.1, 0.15) is 5.56 Å². The quantitative estimate of drug-likeness (QED) is 0.741. The monoisotopic (exact) mass is 246 g/mol. The Balaban J connectivity index is 2.37. The molecule has 5 heteroatoms. The molecule has 0 heterocycles. The summed E-state index contributed by atoms with van der Waals surface area (Å²) in [5, 5.41) is 9.57. The number of benzene rings is 1. The largest absolute Gasteiger partial charge is 0.390 e. The number of hydrogen-bond acceptors (Lipinski definition) is 3. The lowest BCUT2D eigenvalue weighted by molar-refractivity contribution is 0.0134. The Kier molecular flexibility index (Phi) is 6.04. The lowest BCUT2D eigenvalue weighted by Crippen LogP contribution is -2.20. The number of rotatable bonds is 7. The van der Waals surface area contributed by atoms with Gasteiger partial charge in [0.2, 0.25) is 0 Å². The number of halogens is 2. The number of ether oxygens (including phenoxy) is 2. The lowest BCUT2D eigenvalue weighted by Gasteiger charge is -2.11. The molecule has 1 aromatic carbocycles. The van der Waals surface area contributed by atoms with E-state index in [-0.39, 0.29) is 18.6 Å². The molecular weight excluding hydrogens is 230 g/mol. The number of aliphatic hydroxyl groups excluding tert-OH is 1. The summed E-state index contributed by atoms with van der Waals surface area (Å²) in [6.45, 7) is 0.914. The first-order valence-electron chi connectivity index (χ1n) is 5.32. The minimum atomic E-state index is -0.813. The van der Waals surface area contributed by atoms with Crippen LogP contribution in [0.5, 0.6) is 0 Å². The summed E-state index contributed by atoms with van der Waals surface area (Å²) in [6, 6.07) is 3.29. The van der Waals surface area contributed by atoms with Crippen molar-refractivity contribution in [3.63, 3.8) is 0 Å². The maximum atomic E-state index is 13.2. The van der Waals surface area contributed by atoms with Crippen molar-refractivity contribution in [2.45, 2.75) is 12.5 Å². The van der Waals surface area contributed by atoms with Gasteiger partial charge in [0, 0.05) is 19.6 Å². The van der Waals surface area contributed by atoms with Crippen molar-refractivity contribution in [2.24, 2.45) is 0 Å². The second kappa shape index (κ2) is 7.32. The van der Waals surface area contributed by atoms with E-state index >= 15 is 0 Å². The molecule has 1 rings (SSSR count). The number of aliphatic hydroxyl groups is 1. The van der Waals surface area contributed by atoms with Gasteiger partial charge in [0.1, 0.15) is 11.6 Å². The topological polar surface area (TPSA) is 38.7 Å². The highest BCUT2D eigenvalue weighted by molar-refractivity contribution is 5.19. The van der Waals surface area contributed by atoms with Crippen LogP contribution in [0.2, 0.25) is 0 Å². The predicted octanol–water partition coefficient (Wildman–Crippen LogP) is 1.53. The van der Waals surface area contributed by atoms with Gasteiger partial charge in [-0.25, -0.2) is 8.78 Å². The van der Waals surface area contributed by atoms with E-state index in [4.69, 9.17) is 9.47 Å². The third-order valence-electron chi connectivity index (χ3n) is 2.21. The molecule has 0 aliphatic rings. The molecule has 0 amide bonds. The van der Waals surface area contributed by atoms with Crippen LogP contribution in [-0.4, -0.2) is 38.1 Å². The summed E-state index contributed by atoms with van der Waals surface area (Å²) in [6.07, 6.45) is -0.717. The van der Waals surface area contributed by atoms with Crippen LogP contribution >= 0.6 is 0 Å². The molecule has 0 saturated heterocycles. The highest BCUT2D eigenvalue weighted by Gasteiger charge is 2.10. The van der Waals surface area contributed by atoms with Crippen LogP contribution in [0, 0.1) is 11.6 Å². The minimum Gasteiger partial charge on any atom is -0.390 e. The maximum absolute atomic E-state index is 13.2. The lowest BCUT2D eigenvalue weighted by atomic mass is 10.1. The van der Waals surface area contributed by atoms with Crippen LogP contribution in [0.15, 0.2) is 18.2 Å². The van der Waals surface area contributed by atoms with Gasteiger partial charge in [-0.15, -0.1) is 0 Å². The maximum Gasteiger partial charge on any atom is 0.129 e. The van der Waals surface area contributed by atoms with E-state index in [1.807, 2.05) is 0 Å². The fraction of sp³-hybridized carbons (Fsp3) is 0.500. The third kappa shape index (κ3) is 5.21. The predicted molar refractivity (Wildman–Crippen MR) is 58.8 cm³/mol. The fourth-order valence-electron chi connectivity index (χ4n) is 1.36. The molecule has 0 radical (unpaired) electrons. The third-order valence-corrected chi connectivity index (χ3v) is 2.21. The molecular formula is C12H16F2O3. The van der Waals surface area contributed by atoms with Crippen LogP contribution in [-0.2, 0) is 15.9 Å². The summed E-state index contributed by atoms with van der Waals surface area (Å²) in [4.78, 5) is 0. The SMILES string of the molecule is COCCOCC(O)Cc1ccc(F)cc1F. The van der Waals surface area contributed by atoms with Crippen molar-refractivity contribution in [3.8, 4) is 0 Å². The summed E-state index contributed by atoms with van der Waals surface area (Å²) < 4.78 is 35.7. The molecule has 96 valence electrons. The van der Waals surface area contributed by atoms with E-state index < -0.39 is 17.7 Å². The molecule has 1 atom stereocenters. The summed E-state index contributed by atoms with van der Waals surface area (Å²) in [5.74, 6) is -1.28. The first kappa shape index (κ1) is 14.0. The number of hydrogen-bond donors (Lipinski definition) is 1. The Bertz CT molecular complexity index is 345. The van der Waals surface area contributed by atoms with E-state index in [9.17, 15) is 13.9 Å². The normalized spacial score (nSPS) is 12.7. The molecule has 1 aromatic rings. The van der Waals surface area contributed by atoms with Crippen molar-refractivity contribution >= 4 is 0 Å². The molecule has 0 spiro atoms. The van der Waals surface area contributed by atoms with Crippen LogP contribution in [0.25, 0.3) is 0 Å². The zero-order valence-electron chi connectivity index (χ0n) is 9.66. The average Bonchev–Trinajstić information content (AvgIpc) is 2.28. The van der Waals surface area contributed by atoms with Gasteiger partial charge in [0.25, 0.3) is 0 Å². The van der Waals surface area contributed by atoms with Crippen molar-refractivity contribution in [1.82, 2.24) is 0 Å².